The van der Waals surface area contributed by atoms with E-state index in [1.807, 2.05) is 5.38 Å². The minimum absolute atomic E-state index is 0. The first-order valence-electron chi connectivity index (χ1n) is 1.54. The second kappa shape index (κ2) is 3.11. The Bertz CT molecular complexity index is 116. The number of nitrogens with zero attached hydrogens (tertiary/aromatic N) is 1. The molecule has 0 aliphatic heterocycles. The number of nitrogens with two attached hydrogens (primary N) is 1. The molecular formula is C3H4N2SZn. The summed E-state index contributed by atoms with van der Waals surface area (Å²) in [6, 6.07) is 0. The molecule has 0 saturated carbocycles. The van der Waals surface area contributed by atoms with E-state index in [-0.39, 0.29) is 19.5 Å². The molecule has 1 aromatic rings. The zero-order valence-electron chi connectivity index (χ0n) is 3.79. The average Bonchev–Trinajstić information content (AvgIpc) is 1.86. The first-order valence-corrected chi connectivity index (χ1v) is 2.42. The molecule has 34 valence electrons. The summed E-state index contributed by atoms with van der Waals surface area (Å²) in [5.74, 6) is 0. The molecule has 0 unspecified atom stereocenters. The van der Waals surface area contributed by atoms with Gasteiger partial charge >= 0.3 is 0 Å². The zero-order valence-corrected chi connectivity index (χ0v) is 7.58. The van der Waals surface area contributed by atoms with Crippen molar-refractivity contribution >= 4 is 16.5 Å². The Hall–Kier alpha value is 0.0534. The molecule has 0 bridgehead atoms. The van der Waals surface area contributed by atoms with Crippen LogP contribution in [0.1, 0.15) is 0 Å². The molecule has 0 aliphatic carbocycles. The summed E-state index contributed by atoms with van der Waals surface area (Å²) >= 11 is 1.44. The summed E-state index contributed by atoms with van der Waals surface area (Å²) in [7, 11) is 0. The van der Waals surface area contributed by atoms with Crippen molar-refractivity contribution in [2.24, 2.45) is 0 Å². The molecule has 0 saturated heterocycles. The van der Waals surface area contributed by atoms with Crippen LogP contribution in [-0.4, -0.2) is 4.98 Å². The fraction of sp³-hybridized carbons (Fsp3) is 0. The van der Waals surface area contributed by atoms with Crippen LogP contribution in [0.2, 0.25) is 0 Å². The van der Waals surface area contributed by atoms with Gasteiger partial charge in [0.1, 0.15) is 0 Å². The Morgan fingerprint density at radius 2 is 2.43 bits per heavy atom. The van der Waals surface area contributed by atoms with E-state index >= 15 is 0 Å². The Kier molecular flexibility index (Phi) is 3.13. The van der Waals surface area contributed by atoms with Crippen LogP contribution >= 0.6 is 11.3 Å². The predicted molar refractivity (Wildman–Crippen MR) is 26.5 cm³/mol. The average molecular weight is 166 g/mol. The van der Waals surface area contributed by atoms with Crippen molar-refractivity contribution in [3.63, 3.8) is 0 Å². The minimum atomic E-state index is 0. The molecular weight excluding hydrogens is 162 g/mol. The molecule has 0 fully saturated rings. The first-order chi connectivity index (χ1) is 2.89. The van der Waals surface area contributed by atoms with Crippen molar-refractivity contribution < 1.29 is 19.5 Å². The monoisotopic (exact) mass is 164 g/mol. The molecule has 7 heavy (non-hydrogen) atoms. The third kappa shape index (κ3) is 2.00. The second-order valence-corrected chi connectivity index (χ2v) is 1.80. The predicted octanol–water partition coefficient (Wildman–Crippen LogP) is 0.723. The molecule has 0 atom stereocenters. The van der Waals surface area contributed by atoms with Crippen LogP contribution in [0.3, 0.4) is 0 Å². The number of anilines is 1. The van der Waals surface area contributed by atoms with Gasteiger partial charge in [-0.3, -0.25) is 0 Å². The molecule has 1 aromatic heterocycles. The van der Waals surface area contributed by atoms with Crippen LogP contribution in [-0.2, 0) is 19.5 Å². The smallest absolute Gasteiger partial charge is 0.179 e. The van der Waals surface area contributed by atoms with Gasteiger partial charge in [-0.05, 0) is 0 Å². The van der Waals surface area contributed by atoms with Gasteiger partial charge in [0.05, 0.1) is 0 Å². The Labute approximate surface area is 58.5 Å². The van der Waals surface area contributed by atoms with Gasteiger partial charge in [-0.15, -0.1) is 11.3 Å². The van der Waals surface area contributed by atoms with Crippen LogP contribution in [0.5, 0.6) is 0 Å². The quantitative estimate of drug-likeness (QED) is 0.576. The van der Waals surface area contributed by atoms with E-state index in [4.69, 9.17) is 5.73 Å². The van der Waals surface area contributed by atoms with Gasteiger partial charge in [-0.2, -0.15) is 0 Å². The first kappa shape index (κ1) is 7.05. The van der Waals surface area contributed by atoms with Gasteiger partial charge < -0.3 is 5.73 Å². The summed E-state index contributed by atoms with van der Waals surface area (Å²) in [5, 5.41) is 2.48. The SMILES string of the molecule is Nc1nccs1.[Zn]. The number of aromatic nitrogens is 1. The number of rotatable bonds is 0. The number of nitrogen functional groups attached to an aromatic ring is 1. The molecule has 0 spiro atoms. The molecule has 0 amide bonds. The van der Waals surface area contributed by atoms with Crippen molar-refractivity contribution in [1.29, 1.82) is 0 Å². The van der Waals surface area contributed by atoms with Gasteiger partial charge in [0.2, 0.25) is 0 Å². The van der Waals surface area contributed by atoms with E-state index in [9.17, 15) is 0 Å². The fourth-order valence-electron chi connectivity index (χ4n) is 0.234. The van der Waals surface area contributed by atoms with Crippen molar-refractivity contribution in [3.05, 3.63) is 11.6 Å². The van der Waals surface area contributed by atoms with Gasteiger partial charge in [0.25, 0.3) is 0 Å². The molecule has 4 heteroatoms. The van der Waals surface area contributed by atoms with Gasteiger partial charge in [0.15, 0.2) is 5.13 Å². The van der Waals surface area contributed by atoms with Crippen molar-refractivity contribution in [3.8, 4) is 0 Å². The van der Waals surface area contributed by atoms with Crippen molar-refractivity contribution in [2.75, 3.05) is 5.73 Å². The van der Waals surface area contributed by atoms with E-state index in [1.54, 1.807) is 6.20 Å². The molecule has 0 aromatic carbocycles. The summed E-state index contributed by atoms with van der Waals surface area (Å²) in [6.45, 7) is 0. The summed E-state index contributed by atoms with van der Waals surface area (Å²) in [5.41, 5.74) is 5.19. The minimum Gasteiger partial charge on any atom is -0.375 e. The van der Waals surface area contributed by atoms with Crippen molar-refractivity contribution in [2.45, 2.75) is 0 Å². The van der Waals surface area contributed by atoms with Crippen LogP contribution in [0.15, 0.2) is 11.6 Å². The summed E-state index contributed by atoms with van der Waals surface area (Å²) < 4.78 is 0. The normalized spacial score (nSPS) is 7.43. The number of hydrogen-bond acceptors (Lipinski definition) is 3. The molecule has 0 radical (unpaired) electrons. The maximum absolute atomic E-state index is 5.19. The summed E-state index contributed by atoms with van der Waals surface area (Å²) in [4.78, 5) is 3.71. The topological polar surface area (TPSA) is 38.9 Å². The van der Waals surface area contributed by atoms with Gasteiger partial charge in [-0.25, -0.2) is 4.98 Å². The van der Waals surface area contributed by atoms with E-state index in [0.29, 0.717) is 5.13 Å². The van der Waals surface area contributed by atoms with E-state index in [0.717, 1.165) is 0 Å². The van der Waals surface area contributed by atoms with E-state index in [1.165, 1.54) is 11.3 Å². The maximum Gasteiger partial charge on any atom is 0.179 e. The second-order valence-electron chi connectivity index (χ2n) is 0.870. The van der Waals surface area contributed by atoms with Crippen LogP contribution in [0.25, 0.3) is 0 Å². The Morgan fingerprint density at radius 3 is 2.57 bits per heavy atom. The molecule has 2 N–H and O–H groups in total. The van der Waals surface area contributed by atoms with E-state index in [2.05, 4.69) is 4.98 Å². The summed E-state index contributed by atoms with van der Waals surface area (Å²) in [6.07, 6.45) is 1.68. The maximum atomic E-state index is 5.19. The molecule has 0 aliphatic rings. The molecule has 1 heterocycles. The third-order valence-corrected chi connectivity index (χ3v) is 1.06. The van der Waals surface area contributed by atoms with Gasteiger partial charge in [0, 0.05) is 31.1 Å². The third-order valence-electron chi connectivity index (χ3n) is 0.451. The standard InChI is InChI=1S/C3H4N2S.Zn/c4-3-5-1-2-6-3;/h1-2H,(H2,4,5);. The Balaban J connectivity index is 0.000000360. The van der Waals surface area contributed by atoms with E-state index < -0.39 is 0 Å². The number of hydrogen-bond donors (Lipinski definition) is 1. The largest absolute Gasteiger partial charge is 0.375 e. The van der Waals surface area contributed by atoms with Crippen LogP contribution in [0, 0.1) is 0 Å². The Morgan fingerprint density at radius 1 is 1.71 bits per heavy atom. The van der Waals surface area contributed by atoms with Gasteiger partial charge in [-0.1, -0.05) is 0 Å². The van der Waals surface area contributed by atoms with Crippen LogP contribution in [0.4, 0.5) is 5.13 Å². The zero-order chi connectivity index (χ0) is 4.41. The van der Waals surface area contributed by atoms with Crippen molar-refractivity contribution in [1.82, 2.24) is 4.98 Å². The molecule has 2 nitrogen and oxygen atoms in total. The fourth-order valence-corrected chi connectivity index (χ4v) is 0.617. The number of thiazole rings is 1. The molecule has 1 rings (SSSR count). The van der Waals surface area contributed by atoms with Crippen LogP contribution < -0.4 is 5.73 Å².